The van der Waals surface area contributed by atoms with Crippen molar-refractivity contribution in [1.29, 1.82) is 0 Å². The summed E-state index contributed by atoms with van der Waals surface area (Å²) in [5, 5.41) is 3.98. The third kappa shape index (κ3) is 1.94. The molecule has 114 valence electrons. The smallest absolute Gasteiger partial charge is 0.248 e. The van der Waals surface area contributed by atoms with Gasteiger partial charge < -0.3 is 15.2 Å². The van der Waals surface area contributed by atoms with Crippen LogP contribution in [-0.2, 0) is 9.59 Å². The van der Waals surface area contributed by atoms with Crippen LogP contribution in [0.1, 0.15) is 19.8 Å². The van der Waals surface area contributed by atoms with E-state index in [9.17, 15) is 9.59 Å². The number of thioether (sulfide) groups is 1. The molecule has 0 unspecified atom stereocenters. The Bertz CT molecular complexity index is 772. The SMILES string of the molecule is C[C@]12CCC(=O)N1[C@H](C(=O)Nc1cccc3[nH]ccc13)CS2. The number of rotatable bonds is 2. The van der Waals surface area contributed by atoms with Gasteiger partial charge in [0.25, 0.3) is 0 Å². The van der Waals surface area contributed by atoms with E-state index in [0.29, 0.717) is 12.2 Å². The number of fused-ring (bicyclic) bond motifs is 2. The molecule has 0 aliphatic carbocycles. The summed E-state index contributed by atoms with van der Waals surface area (Å²) in [6.45, 7) is 2.06. The summed E-state index contributed by atoms with van der Waals surface area (Å²) in [5.74, 6) is 0.657. The number of amides is 2. The molecular formula is C16H17N3O2S. The van der Waals surface area contributed by atoms with E-state index < -0.39 is 0 Å². The molecule has 0 radical (unpaired) electrons. The standard InChI is InChI=1S/C16H17N3O2S/c1-16-7-5-14(20)19(16)13(9-22-16)15(21)18-12-4-2-3-11-10(12)6-8-17-11/h2-4,6,8,13,17H,5,7,9H2,1H3,(H,18,21)/t13-,16-/m0/s1. The lowest BCUT2D eigenvalue weighted by molar-refractivity contribution is -0.135. The molecule has 2 saturated heterocycles. The summed E-state index contributed by atoms with van der Waals surface area (Å²) < 4.78 is 0. The van der Waals surface area contributed by atoms with Crippen LogP contribution in [0.3, 0.4) is 0 Å². The lowest BCUT2D eigenvalue weighted by atomic mass is 10.2. The fourth-order valence-electron chi connectivity index (χ4n) is 3.43. The Morgan fingerprint density at radius 1 is 1.45 bits per heavy atom. The Morgan fingerprint density at radius 3 is 3.18 bits per heavy atom. The van der Waals surface area contributed by atoms with Crippen LogP contribution in [0.15, 0.2) is 30.5 Å². The number of aromatic amines is 1. The van der Waals surface area contributed by atoms with Crippen LogP contribution < -0.4 is 5.32 Å². The maximum Gasteiger partial charge on any atom is 0.248 e. The highest BCUT2D eigenvalue weighted by atomic mass is 32.2. The van der Waals surface area contributed by atoms with Crippen LogP contribution in [-0.4, -0.2) is 38.4 Å². The molecule has 1 aromatic carbocycles. The summed E-state index contributed by atoms with van der Waals surface area (Å²) in [6.07, 6.45) is 3.22. The van der Waals surface area contributed by atoms with Crippen molar-refractivity contribution in [3.63, 3.8) is 0 Å². The van der Waals surface area contributed by atoms with E-state index in [1.165, 1.54) is 0 Å². The summed E-state index contributed by atoms with van der Waals surface area (Å²) in [4.78, 5) is 29.5. The fraction of sp³-hybridized carbons (Fsp3) is 0.375. The normalized spacial score (nSPS) is 27.4. The van der Waals surface area contributed by atoms with E-state index in [-0.39, 0.29) is 22.7 Å². The number of anilines is 1. The number of benzene rings is 1. The molecule has 2 atom stereocenters. The van der Waals surface area contributed by atoms with Crippen molar-refractivity contribution in [2.24, 2.45) is 0 Å². The average molecular weight is 315 g/mol. The molecule has 2 aliphatic rings. The van der Waals surface area contributed by atoms with Crippen LogP contribution in [0.4, 0.5) is 5.69 Å². The van der Waals surface area contributed by atoms with Crippen LogP contribution >= 0.6 is 11.8 Å². The lowest BCUT2D eigenvalue weighted by Gasteiger charge is -2.29. The molecular weight excluding hydrogens is 298 g/mol. The van der Waals surface area contributed by atoms with Gasteiger partial charge in [-0.25, -0.2) is 0 Å². The third-order valence-electron chi connectivity index (χ3n) is 4.60. The first kappa shape index (κ1) is 13.7. The zero-order valence-corrected chi connectivity index (χ0v) is 13.1. The molecule has 22 heavy (non-hydrogen) atoms. The van der Waals surface area contributed by atoms with Gasteiger partial charge in [0, 0.05) is 29.3 Å². The number of nitrogens with one attached hydrogen (secondary N) is 2. The van der Waals surface area contributed by atoms with Gasteiger partial charge in [0.1, 0.15) is 6.04 Å². The molecule has 4 rings (SSSR count). The van der Waals surface area contributed by atoms with E-state index in [2.05, 4.69) is 17.2 Å². The molecule has 2 aromatic rings. The van der Waals surface area contributed by atoms with Crippen molar-refractivity contribution in [3.8, 4) is 0 Å². The van der Waals surface area contributed by atoms with Crippen LogP contribution in [0.2, 0.25) is 0 Å². The van der Waals surface area contributed by atoms with Crippen LogP contribution in [0, 0.1) is 0 Å². The van der Waals surface area contributed by atoms with Crippen LogP contribution in [0.25, 0.3) is 10.9 Å². The molecule has 0 spiro atoms. The zero-order chi connectivity index (χ0) is 15.3. The topological polar surface area (TPSA) is 65.2 Å². The molecule has 1 aromatic heterocycles. The van der Waals surface area contributed by atoms with Gasteiger partial charge in [-0.15, -0.1) is 11.8 Å². The average Bonchev–Trinajstić information content (AvgIpc) is 3.16. The molecule has 2 aliphatic heterocycles. The zero-order valence-electron chi connectivity index (χ0n) is 12.3. The molecule has 5 nitrogen and oxygen atoms in total. The van der Waals surface area contributed by atoms with Crippen LogP contribution in [0.5, 0.6) is 0 Å². The second-order valence-electron chi connectivity index (χ2n) is 6.00. The maximum atomic E-state index is 12.7. The van der Waals surface area contributed by atoms with Crippen molar-refractivity contribution in [2.75, 3.05) is 11.1 Å². The quantitative estimate of drug-likeness (QED) is 0.895. The van der Waals surface area contributed by atoms with Gasteiger partial charge >= 0.3 is 0 Å². The number of aromatic nitrogens is 1. The van der Waals surface area contributed by atoms with Gasteiger partial charge in [-0.05, 0) is 31.5 Å². The minimum absolute atomic E-state index is 0.0903. The van der Waals surface area contributed by atoms with Gasteiger partial charge in [-0.3, -0.25) is 9.59 Å². The summed E-state index contributed by atoms with van der Waals surface area (Å²) in [6, 6.07) is 7.33. The highest BCUT2D eigenvalue weighted by molar-refractivity contribution is 8.01. The van der Waals surface area contributed by atoms with Gasteiger partial charge in [0.05, 0.1) is 10.6 Å². The Kier molecular flexibility index (Phi) is 2.97. The maximum absolute atomic E-state index is 12.7. The number of carbonyl (C=O) groups is 2. The van der Waals surface area contributed by atoms with Crippen molar-refractivity contribution in [3.05, 3.63) is 30.5 Å². The van der Waals surface area contributed by atoms with Crippen molar-refractivity contribution in [1.82, 2.24) is 9.88 Å². The third-order valence-corrected chi connectivity index (χ3v) is 6.11. The number of H-pyrrole nitrogens is 1. The molecule has 6 heteroatoms. The van der Waals surface area contributed by atoms with E-state index in [1.807, 2.05) is 30.5 Å². The van der Waals surface area contributed by atoms with E-state index in [0.717, 1.165) is 23.0 Å². The Balaban J connectivity index is 1.60. The summed E-state index contributed by atoms with van der Waals surface area (Å²) in [5.41, 5.74) is 1.77. The molecule has 0 bridgehead atoms. The molecule has 2 fully saturated rings. The minimum atomic E-state index is -0.376. The Labute approximate surface area is 132 Å². The molecule has 2 amide bonds. The summed E-state index contributed by atoms with van der Waals surface area (Å²) >= 11 is 1.71. The second-order valence-corrected chi connectivity index (χ2v) is 7.50. The Hall–Kier alpha value is -1.95. The van der Waals surface area contributed by atoms with Crippen molar-refractivity contribution in [2.45, 2.75) is 30.7 Å². The van der Waals surface area contributed by atoms with E-state index in [1.54, 1.807) is 16.7 Å². The number of carbonyl (C=O) groups excluding carboxylic acids is 2. The predicted molar refractivity (Wildman–Crippen MR) is 87.7 cm³/mol. The first-order valence-corrected chi connectivity index (χ1v) is 8.40. The first-order chi connectivity index (χ1) is 10.6. The molecule has 0 saturated carbocycles. The number of hydrogen-bond acceptors (Lipinski definition) is 3. The number of hydrogen-bond donors (Lipinski definition) is 2. The van der Waals surface area contributed by atoms with Gasteiger partial charge in [0.15, 0.2) is 0 Å². The number of nitrogens with zero attached hydrogens (tertiary/aromatic N) is 1. The highest BCUT2D eigenvalue weighted by Crippen LogP contribution is 2.47. The van der Waals surface area contributed by atoms with E-state index >= 15 is 0 Å². The van der Waals surface area contributed by atoms with E-state index in [4.69, 9.17) is 0 Å². The van der Waals surface area contributed by atoms with Gasteiger partial charge in [-0.1, -0.05) is 6.07 Å². The van der Waals surface area contributed by atoms with Crippen molar-refractivity contribution >= 4 is 40.2 Å². The Morgan fingerprint density at radius 2 is 2.32 bits per heavy atom. The lowest BCUT2D eigenvalue weighted by Crippen LogP contribution is -2.48. The minimum Gasteiger partial charge on any atom is -0.361 e. The van der Waals surface area contributed by atoms with Gasteiger partial charge in [-0.2, -0.15) is 0 Å². The molecule has 2 N–H and O–H groups in total. The summed E-state index contributed by atoms with van der Waals surface area (Å²) in [7, 11) is 0. The predicted octanol–water partition coefficient (Wildman–Crippen LogP) is 2.56. The monoisotopic (exact) mass is 315 g/mol. The largest absolute Gasteiger partial charge is 0.361 e. The first-order valence-electron chi connectivity index (χ1n) is 7.42. The van der Waals surface area contributed by atoms with Crippen molar-refractivity contribution < 1.29 is 9.59 Å². The van der Waals surface area contributed by atoms with Gasteiger partial charge in [0.2, 0.25) is 11.8 Å². The molecule has 3 heterocycles. The fourth-order valence-corrected chi connectivity index (χ4v) is 4.86. The second kappa shape index (κ2) is 4.78. The highest BCUT2D eigenvalue weighted by Gasteiger charge is 2.52.